The third kappa shape index (κ3) is 1.97. The average Bonchev–Trinajstić information content (AvgIpc) is 2.23. The predicted molar refractivity (Wildman–Crippen MR) is 61.9 cm³/mol. The van der Waals surface area contributed by atoms with Gasteiger partial charge in [0.1, 0.15) is 0 Å². The van der Waals surface area contributed by atoms with Crippen molar-refractivity contribution in [1.82, 2.24) is 4.98 Å². The number of aromatic nitrogens is 1. The summed E-state index contributed by atoms with van der Waals surface area (Å²) >= 11 is 0. The second-order valence-electron chi connectivity index (χ2n) is 5.44. The van der Waals surface area contributed by atoms with Crippen molar-refractivity contribution < 1.29 is 9.47 Å². The van der Waals surface area contributed by atoms with Crippen LogP contribution in [-0.4, -0.2) is 17.2 Å². The summed E-state index contributed by atoms with van der Waals surface area (Å²) in [6.45, 7) is 9.26. The van der Waals surface area contributed by atoms with Crippen molar-refractivity contribution >= 4 is 0 Å². The second kappa shape index (κ2) is 3.82. The third-order valence-corrected chi connectivity index (χ3v) is 3.61. The van der Waals surface area contributed by atoms with Gasteiger partial charge in [0, 0.05) is 23.4 Å². The summed E-state index contributed by atoms with van der Waals surface area (Å²) in [6, 6.07) is 3.86. The largest absolute Gasteiger partial charge is 0.348 e. The number of hydrogen-bond donors (Lipinski definition) is 0. The first kappa shape index (κ1) is 11.6. The van der Waals surface area contributed by atoms with Crippen molar-refractivity contribution in [2.24, 2.45) is 5.41 Å². The smallest absolute Gasteiger partial charge is 0.184 e. The molecule has 3 heteroatoms. The summed E-state index contributed by atoms with van der Waals surface area (Å²) in [5, 5.41) is 0. The van der Waals surface area contributed by atoms with Gasteiger partial charge in [0.05, 0.1) is 12.2 Å². The number of hydrogen-bond acceptors (Lipinski definition) is 3. The van der Waals surface area contributed by atoms with Crippen LogP contribution in [-0.2, 0) is 9.47 Å². The Labute approximate surface area is 96.8 Å². The first-order valence-electron chi connectivity index (χ1n) is 5.62. The maximum Gasteiger partial charge on any atom is 0.184 e. The van der Waals surface area contributed by atoms with Gasteiger partial charge in [0.25, 0.3) is 0 Å². The lowest BCUT2D eigenvalue weighted by molar-refractivity contribution is -0.300. The molecule has 1 saturated heterocycles. The molecular weight excluding hydrogens is 202 g/mol. The molecule has 0 N–H and O–H groups in total. The molecule has 1 unspecified atom stereocenters. The van der Waals surface area contributed by atoms with Crippen molar-refractivity contribution in [3.05, 3.63) is 30.1 Å². The van der Waals surface area contributed by atoms with E-state index in [-0.39, 0.29) is 17.3 Å². The van der Waals surface area contributed by atoms with E-state index < -0.39 is 0 Å². The molecule has 0 aliphatic carbocycles. The van der Waals surface area contributed by atoms with Gasteiger partial charge in [-0.25, -0.2) is 0 Å². The molecule has 1 aromatic rings. The maximum absolute atomic E-state index is 6.03. The van der Waals surface area contributed by atoms with E-state index in [1.54, 1.807) is 12.4 Å². The van der Waals surface area contributed by atoms with Crippen LogP contribution in [0.15, 0.2) is 24.5 Å². The van der Waals surface area contributed by atoms with E-state index in [1.807, 2.05) is 12.1 Å². The van der Waals surface area contributed by atoms with Crippen molar-refractivity contribution in [1.29, 1.82) is 0 Å². The molecule has 3 nitrogen and oxygen atoms in total. The molecule has 2 heterocycles. The lowest BCUT2D eigenvalue weighted by atomic mass is 9.77. The van der Waals surface area contributed by atoms with Gasteiger partial charge in [0.15, 0.2) is 6.29 Å². The van der Waals surface area contributed by atoms with E-state index in [1.165, 1.54) is 0 Å². The normalized spacial score (nSPS) is 27.6. The van der Waals surface area contributed by atoms with Gasteiger partial charge >= 0.3 is 0 Å². The van der Waals surface area contributed by atoms with E-state index in [0.29, 0.717) is 6.61 Å². The van der Waals surface area contributed by atoms with Crippen LogP contribution in [0, 0.1) is 5.41 Å². The minimum atomic E-state index is -0.272. The molecule has 1 aliphatic heterocycles. The Morgan fingerprint density at radius 2 is 1.81 bits per heavy atom. The van der Waals surface area contributed by atoms with Crippen LogP contribution in [0.25, 0.3) is 0 Å². The fourth-order valence-corrected chi connectivity index (χ4v) is 1.60. The van der Waals surface area contributed by atoms with Gasteiger partial charge < -0.3 is 9.47 Å². The second-order valence-corrected chi connectivity index (χ2v) is 5.44. The Bertz CT molecular complexity index is 359. The first-order valence-corrected chi connectivity index (χ1v) is 5.62. The van der Waals surface area contributed by atoms with Crippen molar-refractivity contribution in [2.45, 2.75) is 39.6 Å². The predicted octanol–water partition coefficient (Wildman–Crippen LogP) is 2.93. The summed E-state index contributed by atoms with van der Waals surface area (Å²) in [5.41, 5.74) is 0.856. The maximum atomic E-state index is 6.03. The van der Waals surface area contributed by atoms with E-state index in [4.69, 9.17) is 9.47 Å². The van der Waals surface area contributed by atoms with Gasteiger partial charge in [-0.05, 0) is 26.0 Å². The molecule has 88 valence electrons. The fraction of sp³-hybridized carbons (Fsp3) is 0.615. The zero-order valence-corrected chi connectivity index (χ0v) is 10.4. The highest BCUT2D eigenvalue weighted by Gasteiger charge is 2.44. The lowest BCUT2D eigenvalue weighted by Gasteiger charge is -2.48. The topological polar surface area (TPSA) is 31.4 Å². The Morgan fingerprint density at radius 3 is 2.38 bits per heavy atom. The number of ether oxygens (including phenoxy) is 2. The zero-order valence-electron chi connectivity index (χ0n) is 10.4. The first-order chi connectivity index (χ1) is 7.42. The highest BCUT2D eigenvalue weighted by molar-refractivity contribution is 5.12. The molecule has 0 amide bonds. The molecule has 0 aromatic carbocycles. The van der Waals surface area contributed by atoms with Gasteiger partial charge in [0.2, 0.25) is 0 Å². The van der Waals surface area contributed by atoms with E-state index in [0.717, 1.165) is 5.56 Å². The fourth-order valence-electron chi connectivity index (χ4n) is 1.60. The minimum absolute atomic E-state index is 0.0243. The van der Waals surface area contributed by atoms with Gasteiger partial charge in [-0.3, -0.25) is 4.98 Å². The summed E-state index contributed by atoms with van der Waals surface area (Å²) in [6.07, 6.45) is 3.25. The van der Waals surface area contributed by atoms with E-state index in [9.17, 15) is 0 Å². The quantitative estimate of drug-likeness (QED) is 0.730. The van der Waals surface area contributed by atoms with Crippen molar-refractivity contribution in [2.75, 3.05) is 6.61 Å². The number of rotatable bonds is 1. The average molecular weight is 221 g/mol. The molecule has 1 aliphatic rings. The summed E-state index contributed by atoms with van der Waals surface area (Å²) in [7, 11) is 0. The molecule has 2 rings (SSSR count). The van der Waals surface area contributed by atoms with Crippen LogP contribution < -0.4 is 0 Å². The molecular formula is C13H19NO2. The van der Waals surface area contributed by atoms with E-state index in [2.05, 4.69) is 32.7 Å². The van der Waals surface area contributed by atoms with Gasteiger partial charge in [-0.2, -0.15) is 0 Å². The highest BCUT2D eigenvalue weighted by Crippen LogP contribution is 2.43. The minimum Gasteiger partial charge on any atom is -0.348 e. The molecule has 1 atom stereocenters. The molecule has 0 radical (unpaired) electrons. The highest BCUT2D eigenvalue weighted by atomic mass is 16.7. The van der Waals surface area contributed by atoms with Crippen LogP contribution in [0.4, 0.5) is 0 Å². The standard InChI is InChI=1S/C13H19NO2/c1-12(2)9-15-11(16-13(12,3)4)10-5-7-14-8-6-10/h5-8,11H,9H2,1-4H3. The molecule has 1 fully saturated rings. The van der Waals surface area contributed by atoms with E-state index >= 15 is 0 Å². The third-order valence-electron chi connectivity index (χ3n) is 3.61. The van der Waals surface area contributed by atoms with Crippen molar-refractivity contribution in [3.63, 3.8) is 0 Å². The summed E-state index contributed by atoms with van der Waals surface area (Å²) < 4.78 is 11.8. The van der Waals surface area contributed by atoms with Crippen LogP contribution in [0.5, 0.6) is 0 Å². The monoisotopic (exact) mass is 221 g/mol. The van der Waals surface area contributed by atoms with Crippen LogP contribution in [0.3, 0.4) is 0 Å². The molecule has 0 spiro atoms. The lowest BCUT2D eigenvalue weighted by Crippen LogP contribution is -2.50. The number of pyridine rings is 1. The Hall–Kier alpha value is -0.930. The Morgan fingerprint density at radius 1 is 1.19 bits per heavy atom. The zero-order chi connectivity index (χ0) is 11.8. The van der Waals surface area contributed by atoms with Gasteiger partial charge in [-0.1, -0.05) is 13.8 Å². The van der Waals surface area contributed by atoms with Crippen LogP contribution >= 0.6 is 0 Å². The molecule has 0 bridgehead atoms. The SMILES string of the molecule is CC1(C)COC(c2ccncc2)OC1(C)C. The molecule has 1 aromatic heterocycles. The number of nitrogens with zero attached hydrogens (tertiary/aromatic N) is 1. The molecule has 0 saturated carbocycles. The van der Waals surface area contributed by atoms with Gasteiger partial charge in [-0.15, -0.1) is 0 Å². The summed E-state index contributed by atoms with van der Waals surface area (Å²) in [5.74, 6) is 0. The molecule has 16 heavy (non-hydrogen) atoms. The van der Waals surface area contributed by atoms with Crippen LogP contribution in [0.1, 0.15) is 39.5 Å². The van der Waals surface area contributed by atoms with Crippen LogP contribution in [0.2, 0.25) is 0 Å². The summed E-state index contributed by atoms with van der Waals surface area (Å²) in [4.78, 5) is 3.99. The van der Waals surface area contributed by atoms with Crippen molar-refractivity contribution in [3.8, 4) is 0 Å². The Kier molecular flexibility index (Phi) is 2.76. The Balaban J connectivity index is 2.18.